The second kappa shape index (κ2) is 4.31. The van der Waals surface area contributed by atoms with Gasteiger partial charge in [-0.15, -0.1) is 0 Å². The van der Waals surface area contributed by atoms with Crippen molar-refractivity contribution in [2.24, 2.45) is 0 Å². The van der Waals surface area contributed by atoms with E-state index in [9.17, 15) is 0 Å². The van der Waals surface area contributed by atoms with Crippen LogP contribution in [0.25, 0.3) is 0 Å². The summed E-state index contributed by atoms with van der Waals surface area (Å²) >= 11 is 9.50. The second-order valence-corrected chi connectivity index (χ2v) is 5.13. The number of ether oxygens (including phenoxy) is 1. The number of hydrogen-bond donors (Lipinski definition) is 0. The van der Waals surface area contributed by atoms with Crippen molar-refractivity contribution in [3.63, 3.8) is 0 Å². The van der Waals surface area contributed by atoms with Crippen LogP contribution in [-0.2, 0) is 6.42 Å². The van der Waals surface area contributed by atoms with Crippen LogP contribution >= 0.6 is 27.5 Å². The van der Waals surface area contributed by atoms with Gasteiger partial charge in [-0.1, -0.05) is 41.9 Å². The Bertz CT molecular complexity index is 559. The Hall–Kier alpha value is -1.06. The molecule has 0 aliphatic carbocycles. The molecule has 2 nitrogen and oxygen atoms in total. The highest BCUT2D eigenvalue weighted by atomic mass is 79.9. The number of nitrogens with zero attached hydrogens (tertiary/aromatic N) is 1. The van der Waals surface area contributed by atoms with E-state index < -0.39 is 0 Å². The normalized spacial score (nSPS) is 17.6. The van der Waals surface area contributed by atoms with Gasteiger partial charge in [0.2, 0.25) is 5.88 Å². The van der Waals surface area contributed by atoms with Gasteiger partial charge in [-0.3, -0.25) is 0 Å². The Morgan fingerprint density at radius 2 is 2.06 bits per heavy atom. The third-order valence-corrected chi connectivity index (χ3v) is 4.26. The largest absolute Gasteiger partial charge is 0.469 e. The fourth-order valence-electron chi connectivity index (χ4n) is 1.98. The molecule has 0 bridgehead atoms. The van der Waals surface area contributed by atoms with E-state index in [0.717, 1.165) is 22.0 Å². The van der Waals surface area contributed by atoms with Gasteiger partial charge in [0, 0.05) is 16.5 Å². The summed E-state index contributed by atoms with van der Waals surface area (Å²) in [5.41, 5.74) is 2.21. The second-order valence-electron chi connectivity index (χ2n) is 3.93. The van der Waals surface area contributed by atoms with Crippen molar-refractivity contribution in [2.75, 3.05) is 0 Å². The zero-order chi connectivity index (χ0) is 11.8. The molecule has 1 atom stereocenters. The van der Waals surface area contributed by atoms with Gasteiger partial charge in [0.25, 0.3) is 0 Å². The van der Waals surface area contributed by atoms with E-state index in [2.05, 4.69) is 33.0 Å². The first-order valence-corrected chi connectivity index (χ1v) is 6.47. The maximum atomic E-state index is 6.02. The van der Waals surface area contributed by atoms with Crippen LogP contribution in [0.3, 0.4) is 0 Å². The van der Waals surface area contributed by atoms with E-state index in [4.69, 9.17) is 16.3 Å². The van der Waals surface area contributed by atoms with Crippen molar-refractivity contribution < 1.29 is 4.74 Å². The summed E-state index contributed by atoms with van der Waals surface area (Å²) in [6.07, 6.45) is 2.44. The molecule has 0 amide bonds. The van der Waals surface area contributed by atoms with Crippen LogP contribution in [0.15, 0.2) is 41.0 Å². The van der Waals surface area contributed by atoms with Crippen molar-refractivity contribution in [1.82, 2.24) is 4.98 Å². The predicted molar refractivity (Wildman–Crippen MR) is 70.5 cm³/mol. The molecule has 1 unspecified atom stereocenters. The maximum Gasteiger partial charge on any atom is 0.218 e. The molecule has 0 spiro atoms. The molecule has 0 saturated carbocycles. The first kappa shape index (κ1) is 11.1. The minimum absolute atomic E-state index is 0.0356. The third-order valence-electron chi connectivity index (χ3n) is 2.84. The highest BCUT2D eigenvalue weighted by Gasteiger charge is 2.28. The van der Waals surface area contributed by atoms with Crippen molar-refractivity contribution in [3.8, 4) is 5.88 Å². The molecular formula is C13H9BrClNO. The fraction of sp³-hybridized carbons (Fsp3) is 0.154. The van der Waals surface area contributed by atoms with Crippen molar-refractivity contribution in [1.29, 1.82) is 0 Å². The summed E-state index contributed by atoms with van der Waals surface area (Å²) in [6, 6.07) is 10.1. The van der Waals surface area contributed by atoms with Crippen LogP contribution in [0, 0.1) is 0 Å². The Morgan fingerprint density at radius 3 is 2.82 bits per heavy atom. The van der Waals surface area contributed by atoms with Gasteiger partial charge in [0.1, 0.15) is 6.10 Å². The first-order chi connectivity index (χ1) is 8.25. The lowest BCUT2D eigenvalue weighted by Gasteiger charge is -2.09. The first-order valence-electron chi connectivity index (χ1n) is 5.30. The van der Waals surface area contributed by atoms with Crippen LogP contribution in [0.1, 0.15) is 17.2 Å². The van der Waals surface area contributed by atoms with E-state index in [1.165, 1.54) is 0 Å². The predicted octanol–water partition coefficient (Wildman–Crippen LogP) is 4.17. The average molecular weight is 311 g/mol. The number of benzene rings is 1. The molecule has 0 saturated heterocycles. The summed E-state index contributed by atoms with van der Waals surface area (Å²) in [5.74, 6) is 0.676. The standard InChI is InChI=1S/C13H9BrClNO/c14-12-9-6-11(8-4-2-1-3-5-8)17-13(9)16-7-10(12)15/h1-5,7,11H,6H2. The van der Waals surface area contributed by atoms with Crippen LogP contribution < -0.4 is 4.74 Å². The summed E-state index contributed by atoms with van der Waals surface area (Å²) < 4.78 is 6.72. The molecule has 86 valence electrons. The monoisotopic (exact) mass is 309 g/mol. The molecular weight excluding hydrogens is 302 g/mol. The van der Waals surface area contributed by atoms with Crippen molar-refractivity contribution >= 4 is 27.5 Å². The molecule has 17 heavy (non-hydrogen) atoms. The lowest BCUT2D eigenvalue weighted by molar-refractivity contribution is 0.230. The average Bonchev–Trinajstić information content (AvgIpc) is 2.80. The van der Waals surface area contributed by atoms with Gasteiger partial charge in [-0.05, 0) is 21.5 Å². The molecule has 1 aliphatic rings. The Kier molecular flexibility index (Phi) is 2.81. The Labute approximate surface area is 113 Å². The van der Waals surface area contributed by atoms with Crippen LogP contribution in [0.5, 0.6) is 5.88 Å². The van der Waals surface area contributed by atoms with E-state index in [-0.39, 0.29) is 6.10 Å². The maximum absolute atomic E-state index is 6.02. The van der Waals surface area contributed by atoms with E-state index in [1.807, 2.05) is 18.2 Å². The van der Waals surface area contributed by atoms with Crippen molar-refractivity contribution in [2.45, 2.75) is 12.5 Å². The molecule has 2 heterocycles. The SMILES string of the molecule is Clc1cnc2c(c1Br)CC(c1ccccc1)O2. The summed E-state index contributed by atoms with van der Waals surface area (Å²) in [7, 11) is 0. The minimum Gasteiger partial charge on any atom is -0.469 e. The van der Waals surface area contributed by atoms with E-state index in [1.54, 1.807) is 6.20 Å². The van der Waals surface area contributed by atoms with Crippen LogP contribution in [0.4, 0.5) is 0 Å². The van der Waals surface area contributed by atoms with Gasteiger partial charge in [0.05, 0.1) is 11.2 Å². The summed E-state index contributed by atoms with van der Waals surface area (Å²) in [6.45, 7) is 0. The van der Waals surface area contributed by atoms with Gasteiger partial charge in [-0.2, -0.15) is 0 Å². The van der Waals surface area contributed by atoms with Crippen molar-refractivity contribution in [3.05, 3.63) is 57.2 Å². The van der Waals surface area contributed by atoms with E-state index >= 15 is 0 Å². The van der Waals surface area contributed by atoms with Gasteiger partial charge in [-0.25, -0.2) is 4.98 Å². The Morgan fingerprint density at radius 1 is 1.29 bits per heavy atom. The molecule has 0 radical (unpaired) electrons. The summed E-state index contributed by atoms with van der Waals surface area (Å²) in [4.78, 5) is 4.21. The minimum atomic E-state index is 0.0356. The smallest absolute Gasteiger partial charge is 0.218 e. The number of hydrogen-bond acceptors (Lipinski definition) is 2. The quantitative estimate of drug-likeness (QED) is 0.788. The topological polar surface area (TPSA) is 22.1 Å². The fourth-order valence-corrected chi connectivity index (χ4v) is 2.58. The van der Waals surface area contributed by atoms with Crippen LogP contribution in [0.2, 0.25) is 5.02 Å². The molecule has 1 aromatic carbocycles. The van der Waals surface area contributed by atoms with E-state index in [0.29, 0.717) is 10.9 Å². The Balaban J connectivity index is 1.96. The third kappa shape index (κ3) is 1.94. The lowest BCUT2D eigenvalue weighted by atomic mass is 10.0. The molecule has 1 aliphatic heterocycles. The van der Waals surface area contributed by atoms with Gasteiger partial charge in [0.15, 0.2) is 0 Å². The number of aromatic nitrogens is 1. The number of halogens is 2. The van der Waals surface area contributed by atoms with Crippen LogP contribution in [-0.4, -0.2) is 4.98 Å². The van der Waals surface area contributed by atoms with Gasteiger partial charge < -0.3 is 4.74 Å². The number of pyridine rings is 1. The highest BCUT2D eigenvalue weighted by molar-refractivity contribution is 9.10. The zero-order valence-corrected chi connectivity index (χ0v) is 11.2. The zero-order valence-electron chi connectivity index (χ0n) is 8.86. The number of fused-ring (bicyclic) bond motifs is 1. The summed E-state index contributed by atoms with van der Waals surface area (Å²) in [5, 5.41) is 0.626. The highest BCUT2D eigenvalue weighted by Crippen LogP contribution is 2.41. The molecule has 0 N–H and O–H groups in total. The molecule has 0 fully saturated rings. The number of rotatable bonds is 1. The lowest BCUT2D eigenvalue weighted by Crippen LogP contribution is -2.02. The molecule has 4 heteroatoms. The molecule has 2 aromatic rings. The molecule has 1 aromatic heterocycles. The molecule has 3 rings (SSSR count). The van der Waals surface area contributed by atoms with Gasteiger partial charge >= 0.3 is 0 Å².